The van der Waals surface area contributed by atoms with Crippen LogP contribution in [0.3, 0.4) is 0 Å². The molecule has 1 fully saturated rings. The van der Waals surface area contributed by atoms with Crippen LogP contribution in [0.5, 0.6) is 0 Å². The molecule has 0 aromatic rings. The maximum Gasteiger partial charge on any atom is -1.00 e. The Morgan fingerprint density at radius 3 is 1.71 bits per heavy atom. The Labute approximate surface area is 178 Å². The van der Waals surface area contributed by atoms with Crippen LogP contribution in [0.4, 0.5) is 0 Å². The van der Waals surface area contributed by atoms with Crippen molar-refractivity contribution in [1.82, 2.24) is 0 Å². The summed E-state index contributed by atoms with van der Waals surface area (Å²) in [5.41, 5.74) is 0. The fourth-order valence-corrected chi connectivity index (χ4v) is 10.7. The third-order valence-electron chi connectivity index (χ3n) is 2.91. The normalized spacial score (nSPS) is 21.1. The van der Waals surface area contributed by atoms with Crippen molar-refractivity contribution in [2.45, 2.75) is 65.2 Å². The Hall–Kier alpha value is 1.38. The molecular formula is C17H35Cl2NSi3Ti-2. The van der Waals surface area contributed by atoms with E-state index in [0.717, 1.165) is 11.8 Å². The van der Waals surface area contributed by atoms with Crippen molar-refractivity contribution < 1.29 is 44.0 Å². The molecule has 1 saturated carbocycles. The van der Waals surface area contributed by atoms with E-state index >= 15 is 0 Å². The first-order chi connectivity index (χ1) is 9.91. The Morgan fingerprint density at radius 1 is 0.958 bits per heavy atom. The summed E-state index contributed by atoms with van der Waals surface area (Å²) in [5, 5.41) is 0. The van der Waals surface area contributed by atoms with Gasteiger partial charge in [0.25, 0.3) is 0 Å². The molecule has 0 bridgehead atoms. The zero-order chi connectivity index (χ0) is 17.4. The van der Waals surface area contributed by atoms with Gasteiger partial charge in [-0.05, 0) is 5.92 Å². The monoisotopic (exact) mass is 455 g/mol. The van der Waals surface area contributed by atoms with Crippen molar-refractivity contribution in [1.29, 1.82) is 0 Å². The largest absolute Gasteiger partial charge is 1.00 e. The third-order valence-corrected chi connectivity index (χ3v) is 8.27. The van der Waals surface area contributed by atoms with Crippen LogP contribution in [0.2, 0.25) is 52.4 Å². The Bertz CT molecular complexity index is 368. The van der Waals surface area contributed by atoms with Gasteiger partial charge in [-0.1, -0.05) is 80.4 Å². The predicted octanol–water partition coefficient (Wildman–Crippen LogP) is 0.165. The van der Waals surface area contributed by atoms with Gasteiger partial charge in [-0.25, -0.2) is 0 Å². The number of fused-ring (bicyclic) bond motifs is 1. The van der Waals surface area contributed by atoms with Gasteiger partial charge in [-0.15, -0.1) is 12.0 Å². The standard InChI is InChI=1S/C9H11.C6H18NSi2.C2H6Si.2ClH.Ti/c1-2-5-9-7-3-6-8(9)4-1;1-8(2,3)7-9(4,5)6;1-3-2;;;/h1-2,4-6,8-9H,3,7H2;1-6H3;1-2H3;2*1H;/q2*-1;;;;+2/p-2. The quantitative estimate of drug-likeness (QED) is 0.416. The third kappa shape index (κ3) is 19.7. The van der Waals surface area contributed by atoms with Crippen molar-refractivity contribution in [2.75, 3.05) is 0 Å². The number of halogens is 2. The second-order valence-electron chi connectivity index (χ2n) is 8.28. The van der Waals surface area contributed by atoms with Gasteiger partial charge in [0.05, 0.1) is 0 Å². The van der Waals surface area contributed by atoms with E-state index in [4.69, 9.17) is 4.65 Å². The van der Waals surface area contributed by atoms with Crippen molar-refractivity contribution in [3.05, 3.63) is 35.4 Å². The summed E-state index contributed by atoms with van der Waals surface area (Å²) in [6.45, 7) is 18.3. The molecule has 0 spiro atoms. The number of allylic oxidation sites excluding steroid dienone is 4. The number of hydrogen-bond donors (Lipinski definition) is 0. The van der Waals surface area contributed by atoms with Gasteiger partial charge in [0.1, 0.15) is 0 Å². The molecule has 1 nitrogen and oxygen atoms in total. The smallest absolute Gasteiger partial charge is 1.00 e. The van der Waals surface area contributed by atoms with Gasteiger partial charge in [-0.2, -0.15) is 6.42 Å². The molecule has 2 rings (SSSR count). The fourth-order valence-electron chi connectivity index (χ4n) is 2.70. The molecular weight excluding hydrogens is 421 g/mol. The van der Waals surface area contributed by atoms with Crippen molar-refractivity contribution in [3.8, 4) is 0 Å². The van der Waals surface area contributed by atoms with E-state index in [1.807, 2.05) is 0 Å². The van der Waals surface area contributed by atoms with E-state index in [2.05, 4.69) is 102 Å². The number of hydrogen-bond acceptors (Lipinski definition) is 0. The van der Waals surface area contributed by atoms with Crippen LogP contribution < -0.4 is 24.8 Å². The summed E-state index contributed by atoms with van der Waals surface area (Å²) in [6, 6.07) is 0. The SMILES string of the molecule is C1=CC2[CH-]CCC2C=C1.C[Si](C)(C)[N-][Si](C)(C)C.C[Si](C)=[Ti+2].[Cl-].[Cl-]. The zero-order valence-corrected chi connectivity index (χ0v) is 22.7. The molecule has 7 heteroatoms. The topological polar surface area (TPSA) is 14.1 Å². The Kier molecular flexibility index (Phi) is 18.1. The summed E-state index contributed by atoms with van der Waals surface area (Å²) in [5.74, 6) is 1.62. The van der Waals surface area contributed by atoms with Crippen LogP contribution in [0.1, 0.15) is 12.8 Å². The minimum absolute atomic E-state index is 0. The maximum atomic E-state index is 4.82. The second kappa shape index (κ2) is 14.4. The molecule has 0 radical (unpaired) electrons. The summed E-state index contributed by atoms with van der Waals surface area (Å²) in [6.07, 6.45) is 14.2. The molecule has 0 aromatic heterocycles. The minimum Gasteiger partial charge on any atom is -1.00 e. The Balaban J connectivity index is -0.000000283. The molecule has 0 aromatic carbocycles. The molecule has 0 saturated heterocycles. The van der Waals surface area contributed by atoms with E-state index in [9.17, 15) is 0 Å². The summed E-state index contributed by atoms with van der Waals surface area (Å²) in [4.78, 5) is 0. The van der Waals surface area contributed by atoms with Crippen LogP contribution in [0.25, 0.3) is 4.65 Å². The van der Waals surface area contributed by atoms with Gasteiger partial charge < -0.3 is 35.9 Å². The van der Waals surface area contributed by atoms with Crippen molar-refractivity contribution in [2.24, 2.45) is 11.8 Å². The molecule has 0 N–H and O–H groups in total. The first-order valence-electron chi connectivity index (χ1n) is 8.35. The van der Waals surface area contributed by atoms with Gasteiger partial charge >= 0.3 is 38.5 Å². The Morgan fingerprint density at radius 2 is 1.38 bits per heavy atom. The predicted molar refractivity (Wildman–Crippen MR) is 106 cm³/mol. The van der Waals surface area contributed by atoms with Crippen LogP contribution in [-0.2, 0) is 19.2 Å². The van der Waals surface area contributed by atoms with Gasteiger partial charge in [-0.3, -0.25) is 0 Å². The van der Waals surface area contributed by atoms with E-state index < -0.39 is 16.5 Å². The summed E-state index contributed by atoms with van der Waals surface area (Å²) in [7, 11) is -2.21. The van der Waals surface area contributed by atoms with Crippen molar-refractivity contribution >= 4 is 22.7 Å². The van der Waals surface area contributed by atoms with Crippen molar-refractivity contribution in [3.63, 3.8) is 0 Å². The molecule has 140 valence electrons. The maximum absolute atomic E-state index is 4.82. The van der Waals surface area contributed by atoms with Crippen LogP contribution >= 0.6 is 0 Å². The molecule has 2 atom stereocenters. The zero-order valence-electron chi connectivity index (χ0n) is 16.7. The molecule has 0 heterocycles. The molecule has 0 aliphatic heterocycles. The number of nitrogens with zero attached hydrogens (tertiary/aromatic N) is 1. The van der Waals surface area contributed by atoms with E-state index in [0.29, 0.717) is 0 Å². The van der Waals surface area contributed by atoms with Gasteiger partial charge in [0.15, 0.2) is 0 Å². The fraction of sp³-hybridized carbons (Fsp3) is 0.706. The van der Waals surface area contributed by atoms with Crippen LogP contribution in [0, 0.1) is 18.3 Å². The summed E-state index contributed by atoms with van der Waals surface area (Å²) < 4.78 is 4.82. The molecule has 2 unspecified atom stereocenters. The summed E-state index contributed by atoms with van der Waals surface area (Å²) >= 11 is 2.27. The molecule has 2 aliphatic rings. The van der Waals surface area contributed by atoms with Gasteiger partial charge in [0.2, 0.25) is 0 Å². The van der Waals surface area contributed by atoms with E-state index in [1.165, 1.54) is 12.8 Å². The number of rotatable bonds is 2. The molecule has 24 heavy (non-hydrogen) atoms. The van der Waals surface area contributed by atoms with E-state index in [1.54, 1.807) is 0 Å². The average molecular weight is 457 g/mol. The first kappa shape index (κ1) is 30.1. The molecule has 2 aliphatic carbocycles. The minimum atomic E-state index is -1.11. The average Bonchev–Trinajstić information content (AvgIpc) is 2.71. The second-order valence-corrected chi connectivity index (χ2v) is 24.5. The molecule has 0 amide bonds. The van der Waals surface area contributed by atoms with Gasteiger partial charge in [0, 0.05) is 0 Å². The van der Waals surface area contributed by atoms with Crippen LogP contribution in [0.15, 0.2) is 24.3 Å². The van der Waals surface area contributed by atoms with E-state index in [-0.39, 0.29) is 31.0 Å². The van der Waals surface area contributed by atoms with Crippen LogP contribution in [-0.4, -0.2) is 22.7 Å². The first-order valence-corrected chi connectivity index (χ1v) is 20.1.